The molecule has 0 spiro atoms. The topological polar surface area (TPSA) is 64.4 Å². The first-order valence-electron chi connectivity index (χ1n) is 10.0. The van der Waals surface area contributed by atoms with Gasteiger partial charge in [0.1, 0.15) is 5.01 Å². The molecule has 6 heteroatoms. The minimum atomic E-state index is -0.304. The molecule has 31 heavy (non-hydrogen) atoms. The van der Waals surface area contributed by atoms with Gasteiger partial charge in [-0.15, -0.1) is 11.3 Å². The lowest BCUT2D eigenvalue weighted by Gasteiger charge is -2.04. The van der Waals surface area contributed by atoms with E-state index in [9.17, 15) is 4.79 Å². The smallest absolute Gasteiger partial charge is 0.291 e. The summed E-state index contributed by atoms with van der Waals surface area (Å²) in [5, 5.41) is 4.68. The number of thiazole rings is 1. The van der Waals surface area contributed by atoms with E-state index in [2.05, 4.69) is 24.4 Å². The standard InChI is InChI=1S/C25H20N2O3S/c1-3-29-20-6-4-5-17-14-21(30-23(17)20)24(28)26-18-10-8-16(9-11-18)25-27-19-12-7-15(2)13-22(19)31-25/h4-14H,3H2,1-2H3,(H,26,28). The van der Waals surface area contributed by atoms with Crippen LogP contribution < -0.4 is 10.1 Å². The highest BCUT2D eigenvalue weighted by molar-refractivity contribution is 7.21. The van der Waals surface area contributed by atoms with Gasteiger partial charge in [0.05, 0.1) is 16.8 Å². The first-order chi connectivity index (χ1) is 15.1. The molecule has 0 atom stereocenters. The Morgan fingerprint density at radius 1 is 1.10 bits per heavy atom. The number of fused-ring (bicyclic) bond motifs is 2. The second-order valence-electron chi connectivity index (χ2n) is 7.24. The Morgan fingerprint density at radius 2 is 1.94 bits per heavy atom. The molecule has 0 aliphatic heterocycles. The first kappa shape index (κ1) is 19.3. The van der Waals surface area contributed by atoms with Crippen LogP contribution in [0.3, 0.4) is 0 Å². The number of aryl methyl sites for hydroxylation is 1. The monoisotopic (exact) mass is 428 g/mol. The SMILES string of the molecule is CCOc1cccc2cc(C(=O)Nc3ccc(-c4nc5ccc(C)cc5s4)cc3)oc12. The molecule has 0 aliphatic carbocycles. The van der Waals surface area contributed by atoms with Crippen molar-refractivity contribution >= 4 is 44.1 Å². The van der Waals surface area contributed by atoms with Crippen molar-refractivity contribution in [2.75, 3.05) is 11.9 Å². The number of carbonyl (C=O) groups is 1. The quantitative estimate of drug-likeness (QED) is 0.340. The number of hydrogen-bond donors (Lipinski definition) is 1. The van der Waals surface area contributed by atoms with E-state index < -0.39 is 0 Å². The van der Waals surface area contributed by atoms with Crippen LogP contribution in [0.2, 0.25) is 0 Å². The molecular formula is C25H20N2O3S. The van der Waals surface area contributed by atoms with Gasteiger partial charge < -0.3 is 14.5 Å². The molecular weight excluding hydrogens is 408 g/mol. The Kier molecular flexibility index (Phi) is 4.92. The summed E-state index contributed by atoms with van der Waals surface area (Å²) in [6.45, 7) is 4.52. The third-order valence-corrected chi connectivity index (χ3v) is 6.03. The lowest BCUT2D eigenvalue weighted by atomic mass is 10.2. The fourth-order valence-corrected chi connectivity index (χ4v) is 4.53. The molecule has 5 aromatic rings. The van der Waals surface area contributed by atoms with Crippen molar-refractivity contribution in [3.05, 3.63) is 78.1 Å². The van der Waals surface area contributed by atoms with Gasteiger partial charge in [-0.25, -0.2) is 4.98 Å². The number of hydrogen-bond acceptors (Lipinski definition) is 5. The number of nitrogens with one attached hydrogen (secondary N) is 1. The fraction of sp³-hybridized carbons (Fsp3) is 0.120. The minimum absolute atomic E-state index is 0.243. The summed E-state index contributed by atoms with van der Waals surface area (Å²) in [4.78, 5) is 17.4. The maximum atomic E-state index is 12.7. The van der Waals surface area contributed by atoms with Crippen LogP contribution in [0.5, 0.6) is 5.75 Å². The molecule has 0 saturated carbocycles. The zero-order valence-electron chi connectivity index (χ0n) is 17.1. The molecule has 154 valence electrons. The van der Waals surface area contributed by atoms with Crippen molar-refractivity contribution in [1.82, 2.24) is 4.98 Å². The summed E-state index contributed by atoms with van der Waals surface area (Å²) in [6.07, 6.45) is 0. The van der Waals surface area contributed by atoms with Gasteiger partial charge in [-0.1, -0.05) is 18.2 Å². The van der Waals surface area contributed by atoms with Crippen LogP contribution in [0.1, 0.15) is 23.0 Å². The molecule has 2 heterocycles. The molecule has 0 radical (unpaired) electrons. The van der Waals surface area contributed by atoms with Crippen molar-refractivity contribution in [1.29, 1.82) is 0 Å². The number of amides is 1. The van der Waals surface area contributed by atoms with Crippen LogP contribution in [0.25, 0.3) is 31.8 Å². The molecule has 1 N–H and O–H groups in total. The molecule has 5 nitrogen and oxygen atoms in total. The number of carbonyl (C=O) groups excluding carboxylic acids is 1. The number of nitrogens with zero attached hydrogens (tertiary/aromatic N) is 1. The zero-order chi connectivity index (χ0) is 21.4. The third kappa shape index (κ3) is 3.78. The lowest BCUT2D eigenvalue weighted by Crippen LogP contribution is -2.10. The fourth-order valence-electron chi connectivity index (χ4n) is 3.46. The summed E-state index contributed by atoms with van der Waals surface area (Å²) in [7, 11) is 0. The maximum absolute atomic E-state index is 12.7. The van der Waals surface area contributed by atoms with E-state index >= 15 is 0 Å². The van der Waals surface area contributed by atoms with E-state index in [0.717, 1.165) is 21.5 Å². The number of rotatable bonds is 5. The second-order valence-corrected chi connectivity index (χ2v) is 8.27. The highest BCUT2D eigenvalue weighted by Gasteiger charge is 2.15. The predicted octanol–water partition coefficient (Wildman–Crippen LogP) is 6.67. The molecule has 1 amide bonds. The van der Waals surface area contributed by atoms with Gasteiger partial charge in [-0.2, -0.15) is 0 Å². The average molecular weight is 429 g/mol. The Bertz CT molecular complexity index is 1400. The summed E-state index contributed by atoms with van der Waals surface area (Å²) < 4.78 is 12.5. The van der Waals surface area contributed by atoms with Crippen LogP contribution in [0, 0.1) is 6.92 Å². The van der Waals surface area contributed by atoms with Crippen LogP contribution in [0.15, 0.2) is 71.1 Å². The van der Waals surface area contributed by atoms with E-state index in [4.69, 9.17) is 14.1 Å². The molecule has 3 aromatic carbocycles. The molecule has 0 bridgehead atoms. The highest BCUT2D eigenvalue weighted by atomic mass is 32.1. The zero-order valence-corrected chi connectivity index (χ0v) is 18.0. The number of benzene rings is 3. The van der Waals surface area contributed by atoms with E-state index in [1.54, 1.807) is 17.4 Å². The van der Waals surface area contributed by atoms with Crippen LogP contribution in [-0.4, -0.2) is 17.5 Å². The Hall–Kier alpha value is -3.64. The van der Waals surface area contributed by atoms with Crippen molar-refractivity contribution in [3.8, 4) is 16.3 Å². The van der Waals surface area contributed by atoms with Gasteiger partial charge in [-0.05, 0) is 67.9 Å². The molecule has 2 aromatic heterocycles. The summed E-state index contributed by atoms with van der Waals surface area (Å²) in [5.74, 6) is 0.573. The highest BCUT2D eigenvalue weighted by Crippen LogP contribution is 2.32. The van der Waals surface area contributed by atoms with Gasteiger partial charge in [0, 0.05) is 16.6 Å². The number of furan rings is 1. The Labute approximate surface area is 183 Å². The van der Waals surface area contributed by atoms with Crippen molar-refractivity contribution in [2.45, 2.75) is 13.8 Å². The lowest BCUT2D eigenvalue weighted by molar-refractivity contribution is 0.0998. The number of ether oxygens (including phenoxy) is 1. The summed E-state index contributed by atoms with van der Waals surface area (Å²) >= 11 is 1.66. The van der Waals surface area contributed by atoms with Gasteiger partial charge >= 0.3 is 0 Å². The summed E-state index contributed by atoms with van der Waals surface area (Å²) in [5.41, 5.74) is 4.51. The molecule has 5 rings (SSSR count). The van der Waals surface area contributed by atoms with E-state index in [-0.39, 0.29) is 11.7 Å². The van der Waals surface area contributed by atoms with Gasteiger partial charge in [0.15, 0.2) is 17.1 Å². The Morgan fingerprint density at radius 3 is 2.74 bits per heavy atom. The molecule has 0 saturated heterocycles. The maximum Gasteiger partial charge on any atom is 0.291 e. The second kappa shape index (κ2) is 7.89. The van der Waals surface area contributed by atoms with Crippen molar-refractivity contribution in [3.63, 3.8) is 0 Å². The number of para-hydroxylation sites is 1. The molecule has 0 unspecified atom stereocenters. The largest absolute Gasteiger partial charge is 0.490 e. The van der Waals surface area contributed by atoms with Crippen LogP contribution in [0.4, 0.5) is 5.69 Å². The predicted molar refractivity (Wildman–Crippen MR) is 125 cm³/mol. The Balaban J connectivity index is 1.36. The number of anilines is 1. The van der Waals surface area contributed by atoms with Crippen molar-refractivity contribution in [2.24, 2.45) is 0 Å². The average Bonchev–Trinajstić information content (AvgIpc) is 3.39. The molecule has 0 fully saturated rings. The third-order valence-electron chi connectivity index (χ3n) is 4.97. The minimum Gasteiger partial charge on any atom is -0.490 e. The molecule has 0 aliphatic rings. The van der Waals surface area contributed by atoms with Gasteiger partial charge in [0.25, 0.3) is 5.91 Å². The van der Waals surface area contributed by atoms with Gasteiger partial charge in [-0.3, -0.25) is 4.79 Å². The van der Waals surface area contributed by atoms with Crippen LogP contribution >= 0.6 is 11.3 Å². The summed E-state index contributed by atoms with van der Waals surface area (Å²) in [6, 6.07) is 21.3. The normalized spacial score (nSPS) is 11.2. The first-order valence-corrected chi connectivity index (χ1v) is 10.9. The van der Waals surface area contributed by atoms with E-state index in [1.807, 2.05) is 55.5 Å². The van der Waals surface area contributed by atoms with E-state index in [0.29, 0.717) is 23.6 Å². The van der Waals surface area contributed by atoms with Crippen molar-refractivity contribution < 1.29 is 13.9 Å². The number of aromatic nitrogens is 1. The van der Waals surface area contributed by atoms with Gasteiger partial charge in [0.2, 0.25) is 0 Å². The van der Waals surface area contributed by atoms with Crippen LogP contribution in [-0.2, 0) is 0 Å². The van der Waals surface area contributed by atoms with E-state index in [1.165, 1.54) is 10.3 Å².